The summed E-state index contributed by atoms with van der Waals surface area (Å²) in [6, 6.07) is 9.41. The minimum Gasteiger partial charge on any atom is -0.459 e. The van der Waals surface area contributed by atoms with E-state index in [2.05, 4.69) is 40.7 Å². The molecule has 37 heavy (non-hydrogen) atoms. The van der Waals surface area contributed by atoms with Crippen molar-refractivity contribution < 1.29 is 9.53 Å². The number of fused-ring (bicyclic) bond motifs is 5. The van der Waals surface area contributed by atoms with Gasteiger partial charge in [0.05, 0.1) is 10.9 Å². The zero-order chi connectivity index (χ0) is 26.4. The van der Waals surface area contributed by atoms with Crippen LogP contribution in [0.15, 0.2) is 42.0 Å². The van der Waals surface area contributed by atoms with Crippen molar-refractivity contribution in [3.63, 3.8) is 0 Å². The summed E-state index contributed by atoms with van der Waals surface area (Å²) < 4.78 is 6.01. The molecule has 3 saturated carbocycles. The van der Waals surface area contributed by atoms with E-state index in [1.54, 1.807) is 5.57 Å². The Balaban J connectivity index is 1.29. The predicted octanol–water partition coefficient (Wildman–Crippen LogP) is 9.47. The van der Waals surface area contributed by atoms with Gasteiger partial charge in [0, 0.05) is 0 Å². The fraction of sp³-hybridized carbons (Fsp3) is 0.735. The van der Waals surface area contributed by atoms with E-state index in [-0.39, 0.29) is 22.9 Å². The van der Waals surface area contributed by atoms with Gasteiger partial charge in [-0.25, -0.2) is 4.79 Å². The predicted molar refractivity (Wildman–Crippen MR) is 154 cm³/mol. The Morgan fingerprint density at radius 3 is 2.41 bits per heavy atom. The second-order valence-corrected chi connectivity index (χ2v) is 14.5. The summed E-state index contributed by atoms with van der Waals surface area (Å²) in [5.41, 5.74) is 3.00. The number of halogens is 1. The number of benzene rings is 1. The molecule has 4 aliphatic carbocycles. The van der Waals surface area contributed by atoms with Crippen LogP contribution in [-0.4, -0.2) is 17.5 Å². The molecule has 3 fully saturated rings. The Kier molecular flexibility index (Phi) is 7.90. The Morgan fingerprint density at radius 1 is 0.973 bits per heavy atom. The SMILES string of the molecule is CC(C)CCC[C@@H](C)[C@H]1CC[C@H]2C3=CC(Cl)C4CC(OC(=O)c5ccccc5)CC[C@]4(C)[C@H]3CC[C@]12C. The normalized spacial score (nSPS) is 39.8. The molecule has 0 aliphatic heterocycles. The zero-order valence-corrected chi connectivity index (χ0v) is 24.6. The summed E-state index contributed by atoms with van der Waals surface area (Å²) in [5.74, 6) is 4.01. The number of hydrogen-bond donors (Lipinski definition) is 0. The average Bonchev–Trinajstić information content (AvgIpc) is 3.22. The van der Waals surface area contributed by atoms with Crippen molar-refractivity contribution in [2.24, 2.45) is 46.3 Å². The van der Waals surface area contributed by atoms with Gasteiger partial charge in [-0.3, -0.25) is 0 Å². The minimum absolute atomic E-state index is 0.0293. The molecule has 0 saturated heterocycles. The van der Waals surface area contributed by atoms with Gasteiger partial charge in [0.2, 0.25) is 0 Å². The molecular formula is C34H49ClO2. The molecule has 0 spiro atoms. The van der Waals surface area contributed by atoms with Gasteiger partial charge in [0.15, 0.2) is 0 Å². The Labute approximate surface area is 231 Å². The second-order valence-electron chi connectivity index (χ2n) is 14.0. The van der Waals surface area contributed by atoms with Crippen molar-refractivity contribution in [1.29, 1.82) is 0 Å². The smallest absolute Gasteiger partial charge is 0.338 e. The van der Waals surface area contributed by atoms with E-state index in [9.17, 15) is 4.79 Å². The van der Waals surface area contributed by atoms with Crippen LogP contribution in [0.5, 0.6) is 0 Å². The van der Waals surface area contributed by atoms with Gasteiger partial charge in [0.1, 0.15) is 6.10 Å². The monoisotopic (exact) mass is 524 g/mol. The summed E-state index contributed by atoms with van der Waals surface area (Å²) >= 11 is 7.23. The summed E-state index contributed by atoms with van der Waals surface area (Å²) in [4.78, 5) is 12.7. The first-order valence-corrected chi connectivity index (χ1v) is 15.7. The number of carbonyl (C=O) groups is 1. The first-order valence-electron chi connectivity index (χ1n) is 15.2. The van der Waals surface area contributed by atoms with Crippen LogP contribution in [0.3, 0.4) is 0 Å². The highest BCUT2D eigenvalue weighted by atomic mass is 35.5. The molecule has 4 aliphatic rings. The molecule has 0 heterocycles. The van der Waals surface area contributed by atoms with Crippen molar-refractivity contribution >= 4 is 17.6 Å². The Hall–Kier alpha value is -1.28. The summed E-state index contributed by atoms with van der Waals surface area (Å²) in [7, 11) is 0. The first kappa shape index (κ1) is 27.3. The van der Waals surface area contributed by atoms with Crippen LogP contribution >= 0.6 is 11.6 Å². The highest BCUT2D eigenvalue weighted by Crippen LogP contribution is 2.67. The van der Waals surface area contributed by atoms with Crippen molar-refractivity contribution in [2.75, 3.05) is 0 Å². The van der Waals surface area contributed by atoms with Crippen LogP contribution in [0.4, 0.5) is 0 Å². The molecule has 204 valence electrons. The van der Waals surface area contributed by atoms with Gasteiger partial charge in [-0.05, 0) is 103 Å². The van der Waals surface area contributed by atoms with Gasteiger partial charge in [-0.1, -0.05) is 83.7 Å². The fourth-order valence-electron chi connectivity index (χ4n) is 9.42. The van der Waals surface area contributed by atoms with Gasteiger partial charge >= 0.3 is 5.97 Å². The third-order valence-corrected chi connectivity index (χ3v) is 11.9. The summed E-state index contributed by atoms with van der Waals surface area (Å²) in [5, 5.41) is 0.0411. The number of alkyl halides is 1. The van der Waals surface area contributed by atoms with Crippen LogP contribution in [0.25, 0.3) is 0 Å². The molecule has 5 rings (SSSR count). The summed E-state index contributed by atoms with van der Waals surface area (Å²) in [6.45, 7) is 12.4. The highest BCUT2D eigenvalue weighted by molar-refractivity contribution is 6.22. The van der Waals surface area contributed by atoms with E-state index < -0.39 is 0 Å². The molecular weight excluding hydrogens is 476 g/mol. The lowest BCUT2D eigenvalue weighted by Crippen LogP contribution is -2.53. The highest BCUT2D eigenvalue weighted by Gasteiger charge is 2.59. The molecule has 0 N–H and O–H groups in total. The standard InChI is InChI=1S/C34H49ClO2/c1-22(2)10-9-11-23(3)27-14-15-28-26-21-31(35)30-20-25(37-32(36)24-12-7-6-8-13-24)16-18-34(30,5)29(26)17-19-33(27,28)4/h6-8,12-13,21-23,25,27-31H,9-11,14-20H2,1-5H3/t23-,25?,27-,28+,29+,30?,31?,33-,34-/m1/s1. The number of carbonyl (C=O) groups excluding carboxylic acids is 1. The maximum atomic E-state index is 12.7. The van der Waals surface area contributed by atoms with Crippen molar-refractivity contribution in [3.8, 4) is 0 Å². The topological polar surface area (TPSA) is 26.3 Å². The lowest BCUT2D eigenvalue weighted by Gasteiger charge is -2.59. The van der Waals surface area contributed by atoms with Crippen LogP contribution < -0.4 is 0 Å². The lowest BCUT2D eigenvalue weighted by molar-refractivity contribution is -0.0511. The number of esters is 1. The molecule has 1 aromatic carbocycles. The van der Waals surface area contributed by atoms with Gasteiger partial charge in [-0.15, -0.1) is 11.6 Å². The van der Waals surface area contributed by atoms with Gasteiger partial charge < -0.3 is 4.74 Å². The molecule has 9 atom stereocenters. The van der Waals surface area contributed by atoms with Crippen LogP contribution in [-0.2, 0) is 4.74 Å². The Morgan fingerprint density at radius 2 is 1.68 bits per heavy atom. The van der Waals surface area contributed by atoms with Crippen LogP contribution in [0.2, 0.25) is 0 Å². The third-order valence-electron chi connectivity index (χ3n) is 11.5. The molecule has 0 bridgehead atoms. The van der Waals surface area contributed by atoms with Crippen LogP contribution in [0.1, 0.15) is 109 Å². The Bertz CT molecular complexity index is 985. The van der Waals surface area contributed by atoms with E-state index in [0.29, 0.717) is 28.7 Å². The van der Waals surface area contributed by atoms with Crippen LogP contribution in [0, 0.1) is 46.3 Å². The van der Waals surface area contributed by atoms with Crippen molar-refractivity contribution in [3.05, 3.63) is 47.5 Å². The van der Waals surface area contributed by atoms with E-state index in [1.807, 2.05) is 30.3 Å². The van der Waals surface area contributed by atoms with E-state index in [1.165, 1.54) is 44.9 Å². The maximum Gasteiger partial charge on any atom is 0.338 e. The largest absolute Gasteiger partial charge is 0.459 e. The zero-order valence-electron chi connectivity index (χ0n) is 23.8. The summed E-state index contributed by atoms with van der Waals surface area (Å²) in [6.07, 6.45) is 14.9. The van der Waals surface area contributed by atoms with Gasteiger partial charge in [0.25, 0.3) is 0 Å². The first-order chi connectivity index (χ1) is 17.6. The lowest BCUT2D eigenvalue weighted by atomic mass is 9.47. The minimum atomic E-state index is -0.194. The molecule has 3 heteroatoms. The third kappa shape index (κ3) is 5.06. The van der Waals surface area contributed by atoms with E-state index >= 15 is 0 Å². The number of allylic oxidation sites excluding steroid dienone is 2. The number of ether oxygens (including phenoxy) is 1. The van der Waals surface area contributed by atoms with Crippen molar-refractivity contribution in [1.82, 2.24) is 0 Å². The second kappa shape index (κ2) is 10.7. The molecule has 1 aromatic rings. The van der Waals surface area contributed by atoms with Gasteiger partial charge in [-0.2, -0.15) is 0 Å². The average molecular weight is 525 g/mol. The number of hydrogen-bond acceptors (Lipinski definition) is 2. The van der Waals surface area contributed by atoms with Crippen molar-refractivity contribution in [2.45, 2.75) is 110 Å². The van der Waals surface area contributed by atoms with E-state index in [0.717, 1.165) is 37.0 Å². The molecule has 2 nitrogen and oxygen atoms in total. The maximum absolute atomic E-state index is 12.7. The quantitative estimate of drug-likeness (QED) is 0.201. The fourth-order valence-corrected chi connectivity index (χ4v) is 9.95. The van der Waals surface area contributed by atoms with E-state index in [4.69, 9.17) is 16.3 Å². The number of rotatable bonds is 7. The molecule has 0 amide bonds. The molecule has 3 unspecified atom stereocenters. The molecule has 0 radical (unpaired) electrons. The molecule has 0 aromatic heterocycles.